The van der Waals surface area contributed by atoms with E-state index in [-0.39, 0.29) is 24.2 Å². The number of hydrazine groups is 1. The number of fused-ring (bicyclic) bond motifs is 1. The van der Waals surface area contributed by atoms with E-state index < -0.39 is 0 Å². The summed E-state index contributed by atoms with van der Waals surface area (Å²) in [7, 11) is 0. The molecule has 1 aliphatic carbocycles. The molecule has 1 saturated heterocycles. The zero-order valence-electron chi connectivity index (χ0n) is 14.3. The van der Waals surface area contributed by atoms with Crippen LogP contribution in [0.25, 0.3) is 0 Å². The highest BCUT2D eigenvalue weighted by molar-refractivity contribution is 6.30. The van der Waals surface area contributed by atoms with E-state index in [0.717, 1.165) is 18.5 Å². The van der Waals surface area contributed by atoms with E-state index in [1.807, 2.05) is 12.1 Å². The normalized spacial score (nSPS) is 18.7. The summed E-state index contributed by atoms with van der Waals surface area (Å²) in [5.41, 5.74) is 9.82. The third-order valence-electron chi connectivity index (χ3n) is 5.04. The SMILES string of the molecule is O=C(NNc1cccc(Cl)c1)[C@H]1CC(=O)N(c2ccc3c(c2)CCC3)C1. The molecule has 0 aromatic heterocycles. The summed E-state index contributed by atoms with van der Waals surface area (Å²) in [4.78, 5) is 26.6. The first-order chi connectivity index (χ1) is 12.6. The van der Waals surface area contributed by atoms with Crippen LogP contribution in [0.5, 0.6) is 0 Å². The van der Waals surface area contributed by atoms with E-state index in [1.165, 1.54) is 17.5 Å². The quantitative estimate of drug-likeness (QED) is 0.813. The number of halogens is 1. The average molecular weight is 370 g/mol. The van der Waals surface area contributed by atoms with Crippen LogP contribution < -0.4 is 15.8 Å². The summed E-state index contributed by atoms with van der Waals surface area (Å²) < 4.78 is 0. The number of amides is 2. The highest BCUT2D eigenvalue weighted by atomic mass is 35.5. The minimum Gasteiger partial charge on any atom is -0.312 e. The Bertz CT molecular complexity index is 868. The summed E-state index contributed by atoms with van der Waals surface area (Å²) in [6, 6.07) is 13.3. The molecule has 2 N–H and O–H groups in total. The predicted molar refractivity (Wildman–Crippen MR) is 102 cm³/mol. The van der Waals surface area contributed by atoms with Gasteiger partial charge < -0.3 is 4.90 Å². The van der Waals surface area contributed by atoms with Crippen LogP contribution in [0.4, 0.5) is 11.4 Å². The Morgan fingerprint density at radius 3 is 2.81 bits per heavy atom. The maximum Gasteiger partial charge on any atom is 0.243 e. The second kappa shape index (κ2) is 7.00. The first kappa shape index (κ1) is 16.9. The maximum absolute atomic E-state index is 12.4. The van der Waals surface area contributed by atoms with Gasteiger partial charge in [0.2, 0.25) is 11.8 Å². The van der Waals surface area contributed by atoms with Gasteiger partial charge in [-0.15, -0.1) is 0 Å². The number of carbonyl (C=O) groups is 2. The summed E-state index contributed by atoms with van der Waals surface area (Å²) in [6.45, 7) is 0.403. The van der Waals surface area contributed by atoms with Crippen molar-refractivity contribution in [3.05, 3.63) is 58.6 Å². The molecule has 134 valence electrons. The number of rotatable bonds is 4. The molecule has 2 aliphatic rings. The van der Waals surface area contributed by atoms with Crippen LogP contribution in [-0.4, -0.2) is 18.4 Å². The van der Waals surface area contributed by atoms with Gasteiger partial charge in [-0.2, -0.15) is 0 Å². The van der Waals surface area contributed by atoms with Crippen molar-refractivity contribution in [3.63, 3.8) is 0 Å². The first-order valence-electron chi connectivity index (χ1n) is 8.84. The lowest BCUT2D eigenvalue weighted by molar-refractivity contribution is -0.125. The summed E-state index contributed by atoms with van der Waals surface area (Å²) in [5.74, 6) is -0.574. The summed E-state index contributed by atoms with van der Waals surface area (Å²) >= 11 is 5.93. The molecule has 0 bridgehead atoms. The van der Waals surface area contributed by atoms with Gasteiger partial charge in [-0.05, 0) is 60.7 Å². The van der Waals surface area contributed by atoms with Crippen molar-refractivity contribution in [2.75, 3.05) is 16.9 Å². The van der Waals surface area contributed by atoms with Crippen molar-refractivity contribution in [1.29, 1.82) is 0 Å². The average Bonchev–Trinajstić information content (AvgIpc) is 3.25. The second-order valence-electron chi connectivity index (χ2n) is 6.84. The van der Waals surface area contributed by atoms with Gasteiger partial charge >= 0.3 is 0 Å². The van der Waals surface area contributed by atoms with Gasteiger partial charge in [0.1, 0.15) is 0 Å². The monoisotopic (exact) mass is 369 g/mol. The molecule has 1 atom stereocenters. The van der Waals surface area contributed by atoms with E-state index in [1.54, 1.807) is 23.1 Å². The number of hydrogen-bond acceptors (Lipinski definition) is 3. The molecule has 0 unspecified atom stereocenters. The zero-order chi connectivity index (χ0) is 18.1. The fourth-order valence-electron chi connectivity index (χ4n) is 3.66. The number of aryl methyl sites for hydroxylation is 2. The topological polar surface area (TPSA) is 61.4 Å². The van der Waals surface area contributed by atoms with Crippen LogP contribution in [0.2, 0.25) is 5.02 Å². The van der Waals surface area contributed by atoms with Crippen molar-refractivity contribution < 1.29 is 9.59 Å². The molecule has 0 radical (unpaired) electrons. The molecule has 1 aliphatic heterocycles. The van der Waals surface area contributed by atoms with Crippen LogP contribution in [0.1, 0.15) is 24.0 Å². The molecule has 2 aromatic carbocycles. The molecule has 5 nitrogen and oxygen atoms in total. The molecule has 0 saturated carbocycles. The molecule has 2 amide bonds. The molecule has 26 heavy (non-hydrogen) atoms. The molecule has 4 rings (SSSR count). The van der Waals surface area contributed by atoms with E-state index in [4.69, 9.17) is 11.6 Å². The largest absolute Gasteiger partial charge is 0.312 e. The Hall–Kier alpha value is -2.53. The number of nitrogens with zero attached hydrogens (tertiary/aromatic N) is 1. The Balaban J connectivity index is 1.40. The fourth-order valence-corrected chi connectivity index (χ4v) is 3.85. The fraction of sp³-hybridized carbons (Fsp3) is 0.300. The Labute approximate surface area is 157 Å². The lowest BCUT2D eigenvalue weighted by Gasteiger charge is -2.18. The van der Waals surface area contributed by atoms with Gasteiger partial charge in [0.15, 0.2) is 0 Å². The highest BCUT2D eigenvalue weighted by Crippen LogP contribution is 2.30. The van der Waals surface area contributed by atoms with Crippen LogP contribution in [0.3, 0.4) is 0 Å². The molecule has 1 fully saturated rings. The Kier molecular flexibility index (Phi) is 4.55. The number of benzene rings is 2. The van der Waals surface area contributed by atoms with E-state index in [2.05, 4.69) is 23.0 Å². The van der Waals surface area contributed by atoms with Crippen LogP contribution in [0, 0.1) is 5.92 Å². The van der Waals surface area contributed by atoms with Crippen molar-refractivity contribution in [1.82, 2.24) is 5.43 Å². The minimum absolute atomic E-state index is 0.00847. The third kappa shape index (κ3) is 3.40. The summed E-state index contributed by atoms with van der Waals surface area (Å²) in [5, 5.41) is 0.586. The maximum atomic E-state index is 12.4. The van der Waals surface area contributed by atoms with Gasteiger partial charge in [-0.3, -0.25) is 20.4 Å². The minimum atomic E-state index is -0.373. The predicted octanol–water partition coefficient (Wildman–Crippen LogP) is 3.32. The molecule has 6 heteroatoms. The van der Waals surface area contributed by atoms with Crippen LogP contribution in [-0.2, 0) is 22.4 Å². The van der Waals surface area contributed by atoms with Crippen molar-refractivity contribution in [3.8, 4) is 0 Å². The standard InChI is InChI=1S/C20H20ClN3O2/c21-16-5-2-6-17(11-16)22-23-20(26)15-10-19(25)24(12-15)18-8-7-13-3-1-4-14(13)9-18/h2,5-9,11,15,22H,1,3-4,10,12H2,(H,23,26)/t15-/m0/s1. The lowest BCUT2D eigenvalue weighted by atomic mass is 10.1. The first-order valence-corrected chi connectivity index (χ1v) is 9.21. The van der Waals surface area contributed by atoms with Crippen LogP contribution >= 0.6 is 11.6 Å². The zero-order valence-corrected chi connectivity index (χ0v) is 15.1. The van der Waals surface area contributed by atoms with Gasteiger partial charge in [0, 0.05) is 23.7 Å². The Morgan fingerprint density at radius 2 is 1.96 bits per heavy atom. The number of anilines is 2. The molecule has 2 aromatic rings. The molecular formula is C20H20ClN3O2. The summed E-state index contributed by atoms with van der Waals surface area (Å²) in [6.07, 6.45) is 3.58. The van der Waals surface area contributed by atoms with Gasteiger partial charge in [-0.1, -0.05) is 23.7 Å². The molecule has 1 heterocycles. The van der Waals surface area contributed by atoms with Crippen molar-refractivity contribution >= 4 is 34.8 Å². The van der Waals surface area contributed by atoms with Crippen molar-refractivity contribution in [2.45, 2.75) is 25.7 Å². The number of hydrogen-bond donors (Lipinski definition) is 2. The van der Waals surface area contributed by atoms with Gasteiger partial charge in [-0.25, -0.2) is 0 Å². The lowest BCUT2D eigenvalue weighted by Crippen LogP contribution is -2.36. The van der Waals surface area contributed by atoms with E-state index in [9.17, 15) is 9.59 Å². The Morgan fingerprint density at radius 1 is 1.12 bits per heavy atom. The smallest absolute Gasteiger partial charge is 0.243 e. The molecular weight excluding hydrogens is 350 g/mol. The van der Waals surface area contributed by atoms with E-state index >= 15 is 0 Å². The third-order valence-corrected chi connectivity index (χ3v) is 5.28. The highest BCUT2D eigenvalue weighted by Gasteiger charge is 2.35. The van der Waals surface area contributed by atoms with Gasteiger partial charge in [0.25, 0.3) is 0 Å². The number of carbonyl (C=O) groups excluding carboxylic acids is 2. The second-order valence-corrected chi connectivity index (χ2v) is 7.27. The van der Waals surface area contributed by atoms with Crippen molar-refractivity contribution in [2.24, 2.45) is 5.92 Å². The number of nitrogens with one attached hydrogen (secondary N) is 2. The molecule has 0 spiro atoms. The van der Waals surface area contributed by atoms with Gasteiger partial charge in [0.05, 0.1) is 11.6 Å². The van der Waals surface area contributed by atoms with E-state index in [0.29, 0.717) is 17.3 Å². The van der Waals surface area contributed by atoms with Crippen LogP contribution in [0.15, 0.2) is 42.5 Å².